The number of amides is 1. The Morgan fingerprint density at radius 3 is 2.95 bits per heavy atom. The Morgan fingerprint density at radius 2 is 2.24 bits per heavy atom. The average Bonchev–Trinajstić information content (AvgIpc) is 2.85. The average molecular weight is 303 g/mol. The Kier molecular flexibility index (Phi) is 5.05. The number of hydrogen-bond acceptors (Lipinski definition) is 5. The molecule has 1 amide bonds. The number of nitrogens with zero attached hydrogens (tertiary/aromatic N) is 2. The number of carbonyl (C=O) groups excluding carboxylic acids is 1. The lowest BCUT2D eigenvalue weighted by Crippen LogP contribution is -2.24. The van der Waals surface area contributed by atoms with Gasteiger partial charge in [0.15, 0.2) is 6.61 Å². The van der Waals surface area contributed by atoms with Crippen LogP contribution in [-0.2, 0) is 4.79 Å². The Labute approximate surface area is 127 Å². The third-order valence-corrected chi connectivity index (χ3v) is 3.52. The molecule has 1 N–H and O–H groups in total. The van der Waals surface area contributed by atoms with Crippen LogP contribution in [-0.4, -0.2) is 23.7 Å². The summed E-state index contributed by atoms with van der Waals surface area (Å²) in [4.78, 5) is 15.8. The summed E-state index contributed by atoms with van der Waals surface area (Å²) in [5.41, 5.74) is 5.23. The van der Waals surface area contributed by atoms with Gasteiger partial charge in [-0.05, 0) is 38.0 Å². The molecule has 0 atom stereocenters. The van der Waals surface area contributed by atoms with E-state index in [-0.39, 0.29) is 12.5 Å². The van der Waals surface area contributed by atoms with Gasteiger partial charge in [-0.3, -0.25) is 4.79 Å². The lowest BCUT2D eigenvalue weighted by molar-refractivity contribution is -0.123. The SMILES string of the molecule is Cc1ccc(C)c(OCC(=O)N/N=C\c2csc(C)n2)c1. The summed E-state index contributed by atoms with van der Waals surface area (Å²) in [6, 6.07) is 5.87. The van der Waals surface area contributed by atoms with Gasteiger partial charge >= 0.3 is 0 Å². The standard InChI is InChI=1S/C15H17N3O2S/c1-10-4-5-11(2)14(6-10)20-8-15(19)18-16-7-13-9-21-12(3)17-13/h4-7,9H,8H2,1-3H3,(H,18,19)/b16-7-. The zero-order chi connectivity index (χ0) is 15.2. The van der Waals surface area contributed by atoms with Crippen LogP contribution in [0.15, 0.2) is 28.7 Å². The fourth-order valence-electron chi connectivity index (χ4n) is 1.65. The molecule has 0 spiro atoms. The van der Waals surface area contributed by atoms with Crippen molar-refractivity contribution in [3.05, 3.63) is 45.4 Å². The number of carbonyl (C=O) groups is 1. The van der Waals surface area contributed by atoms with Gasteiger partial charge in [0.1, 0.15) is 5.75 Å². The summed E-state index contributed by atoms with van der Waals surface area (Å²) in [6.45, 7) is 5.76. The van der Waals surface area contributed by atoms with Crippen molar-refractivity contribution in [3.8, 4) is 5.75 Å². The van der Waals surface area contributed by atoms with E-state index in [0.29, 0.717) is 5.75 Å². The van der Waals surface area contributed by atoms with Crippen molar-refractivity contribution < 1.29 is 9.53 Å². The minimum absolute atomic E-state index is 0.0717. The fourth-order valence-corrected chi connectivity index (χ4v) is 2.21. The zero-order valence-electron chi connectivity index (χ0n) is 12.2. The van der Waals surface area contributed by atoms with Gasteiger partial charge in [0.2, 0.25) is 0 Å². The summed E-state index contributed by atoms with van der Waals surface area (Å²) < 4.78 is 5.49. The van der Waals surface area contributed by atoms with Crippen molar-refractivity contribution in [1.29, 1.82) is 0 Å². The molecular formula is C15H17N3O2S. The number of benzene rings is 1. The molecule has 21 heavy (non-hydrogen) atoms. The molecule has 6 heteroatoms. The Hall–Kier alpha value is -2.21. The van der Waals surface area contributed by atoms with Gasteiger partial charge < -0.3 is 4.74 Å². The third-order valence-electron chi connectivity index (χ3n) is 2.73. The third kappa shape index (κ3) is 4.68. The molecule has 0 radical (unpaired) electrons. The monoisotopic (exact) mass is 303 g/mol. The predicted molar refractivity (Wildman–Crippen MR) is 84.0 cm³/mol. The van der Waals surface area contributed by atoms with Crippen molar-refractivity contribution in [2.45, 2.75) is 20.8 Å². The molecule has 1 aromatic carbocycles. The van der Waals surface area contributed by atoms with Crippen LogP contribution in [0, 0.1) is 20.8 Å². The zero-order valence-corrected chi connectivity index (χ0v) is 13.0. The van der Waals surface area contributed by atoms with E-state index in [4.69, 9.17) is 4.74 Å². The van der Waals surface area contributed by atoms with E-state index in [2.05, 4.69) is 15.5 Å². The predicted octanol–water partition coefficient (Wildman–Crippen LogP) is 2.60. The molecule has 0 aliphatic rings. The highest BCUT2D eigenvalue weighted by atomic mass is 32.1. The lowest BCUT2D eigenvalue weighted by Gasteiger charge is -2.08. The van der Waals surface area contributed by atoms with Crippen molar-refractivity contribution in [1.82, 2.24) is 10.4 Å². The summed E-state index contributed by atoms with van der Waals surface area (Å²) >= 11 is 1.53. The van der Waals surface area contributed by atoms with Crippen LogP contribution in [0.25, 0.3) is 0 Å². The van der Waals surface area contributed by atoms with Crippen LogP contribution in [0.2, 0.25) is 0 Å². The number of hydrogen-bond donors (Lipinski definition) is 1. The first-order chi connectivity index (χ1) is 10.0. The largest absolute Gasteiger partial charge is 0.483 e. The molecule has 0 saturated carbocycles. The summed E-state index contributed by atoms with van der Waals surface area (Å²) in [7, 11) is 0. The number of rotatable bonds is 5. The summed E-state index contributed by atoms with van der Waals surface area (Å²) in [5, 5.41) is 6.68. The van der Waals surface area contributed by atoms with Crippen LogP contribution in [0.3, 0.4) is 0 Å². The molecule has 0 saturated heterocycles. The van der Waals surface area contributed by atoms with Gasteiger partial charge in [0.05, 0.1) is 16.9 Å². The van der Waals surface area contributed by atoms with Crippen molar-refractivity contribution in [2.75, 3.05) is 6.61 Å². The molecule has 1 heterocycles. The number of thiazole rings is 1. The highest BCUT2D eigenvalue weighted by molar-refractivity contribution is 7.09. The summed E-state index contributed by atoms with van der Waals surface area (Å²) in [5.74, 6) is 0.406. The molecule has 0 fully saturated rings. The van der Waals surface area contributed by atoms with Crippen LogP contribution >= 0.6 is 11.3 Å². The van der Waals surface area contributed by atoms with E-state index in [0.717, 1.165) is 21.8 Å². The highest BCUT2D eigenvalue weighted by Crippen LogP contribution is 2.18. The smallest absolute Gasteiger partial charge is 0.277 e. The quantitative estimate of drug-likeness (QED) is 0.682. The van der Waals surface area contributed by atoms with Gasteiger partial charge in [-0.25, -0.2) is 10.4 Å². The van der Waals surface area contributed by atoms with E-state index >= 15 is 0 Å². The minimum atomic E-state index is -0.306. The number of ether oxygens (including phenoxy) is 1. The number of aryl methyl sites for hydroxylation is 3. The molecular weight excluding hydrogens is 286 g/mol. The first-order valence-corrected chi connectivity index (χ1v) is 7.36. The van der Waals surface area contributed by atoms with Gasteiger partial charge in [0, 0.05) is 5.38 Å². The maximum absolute atomic E-state index is 11.6. The Balaban J connectivity index is 1.82. The molecule has 0 aliphatic heterocycles. The molecule has 0 aliphatic carbocycles. The second-order valence-electron chi connectivity index (χ2n) is 4.64. The Morgan fingerprint density at radius 1 is 1.43 bits per heavy atom. The number of aromatic nitrogens is 1. The normalized spacial score (nSPS) is 10.8. The van der Waals surface area contributed by atoms with Gasteiger partial charge in [0.25, 0.3) is 5.91 Å². The maximum atomic E-state index is 11.6. The molecule has 0 bridgehead atoms. The van der Waals surface area contributed by atoms with E-state index in [1.54, 1.807) is 0 Å². The Bertz CT molecular complexity index is 665. The maximum Gasteiger partial charge on any atom is 0.277 e. The van der Waals surface area contributed by atoms with Crippen molar-refractivity contribution in [3.63, 3.8) is 0 Å². The van der Waals surface area contributed by atoms with E-state index in [1.165, 1.54) is 17.6 Å². The topological polar surface area (TPSA) is 63.6 Å². The van der Waals surface area contributed by atoms with Gasteiger partial charge in [-0.1, -0.05) is 12.1 Å². The first kappa shape index (κ1) is 15.2. The minimum Gasteiger partial charge on any atom is -0.483 e. The number of nitrogens with one attached hydrogen (secondary N) is 1. The van der Waals surface area contributed by atoms with Crippen LogP contribution in [0.5, 0.6) is 5.75 Å². The first-order valence-electron chi connectivity index (χ1n) is 6.48. The second-order valence-corrected chi connectivity index (χ2v) is 5.70. The molecule has 5 nitrogen and oxygen atoms in total. The van der Waals surface area contributed by atoms with Gasteiger partial charge in [-0.2, -0.15) is 5.10 Å². The van der Waals surface area contributed by atoms with Crippen LogP contribution < -0.4 is 10.2 Å². The highest BCUT2D eigenvalue weighted by Gasteiger charge is 2.04. The van der Waals surface area contributed by atoms with E-state index < -0.39 is 0 Å². The van der Waals surface area contributed by atoms with Crippen LogP contribution in [0.1, 0.15) is 21.8 Å². The van der Waals surface area contributed by atoms with E-state index in [1.807, 2.05) is 44.4 Å². The molecule has 1 aromatic heterocycles. The fraction of sp³-hybridized carbons (Fsp3) is 0.267. The molecule has 110 valence electrons. The summed E-state index contributed by atoms with van der Waals surface area (Å²) in [6.07, 6.45) is 1.51. The van der Waals surface area contributed by atoms with E-state index in [9.17, 15) is 4.79 Å². The molecule has 0 unspecified atom stereocenters. The van der Waals surface area contributed by atoms with Crippen molar-refractivity contribution in [2.24, 2.45) is 5.10 Å². The lowest BCUT2D eigenvalue weighted by atomic mass is 10.1. The molecule has 2 rings (SSSR count). The van der Waals surface area contributed by atoms with Crippen LogP contribution in [0.4, 0.5) is 0 Å². The molecule has 2 aromatic rings. The number of hydrazone groups is 1. The van der Waals surface area contributed by atoms with Crippen molar-refractivity contribution >= 4 is 23.5 Å². The van der Waals surface area contributed by atoms with Gasteiger partial charge in [-0.15, -0.1) is 11.3 Å². The second kappa shape index (κ2) is 6.99.